The third-order valence-electron chi connectivity index (χ3n) is 3.24. The van der Waals surface area contributed by atoms with Gasteiger partial charge in [0, 0.05) is 16.5 Å². The van der Waals surface area contributed by atoms with E-state index >= 15 is 0 Å². The predicted molar refractivity (Wildman–Crippen MR) is 87.5 cm³/mol. The first-order chi connectivity index (χ1) is 11.0. The number of nitrogens with one attached hydrogen (secondary N) is 3. The second-order valence-corrected chi connectivity index (χ2v) is 5.76. The zero-order valence-electron chi connectivity index (χ0n) is 12.6. The number of anilines is 1. The normalized spacial score (nSPS) is 11.0. The third-order valence-corrected chi connectivity index (χ3v) is 3.49. The molecule has 3 rings (SSSR count). The minimum Gasteiger partial charge on any atom is -0.288 e. The molecule has 23 heavy (non-hydrogen) atoms. The molecule has 0 unspecified atom stereocenters. The summed E-state index contributed by atoms with van der Waals surface area (Å²) in [7, 11) is 0. The quantitative estimate of drug-likeness (QED) is 0.683. The number of rotatable bonds is 4. The first-order valence-corrected chi connectivity index (χ1v) is 7.45. The van der Waals surface area contributed by atoms with Crippen LogP contribution >= 0.6 is 11.6 Å². The Balaban J connectivity index is 1.74. The van der Waals surface area contributed by atoms with Gasteiger partial charge in [-0.15, -0.1) is 5.10 Å². The van der Waals surface area contributed by atoms with Crippen molar-refractivity contribution >= 4 is 23.5 Å². The van der Waals surface area contributed by atoms with Gasteiger partial charge in [0.1, 0.15) is 11.5 Å². The van der Waals surface area contributed by atoms with Crippen molar-refractivity contribution in [3.05, 3.63) is 46.9 Å². The summed E-state index contributed by atoms with van der Waals surface area (Å²) in [6, 6.07) is 8.88. The summed E-state index contributed by atoms with van der Waals surface area (Å²) in [5.41, 5.74) is 1.85. The Kier molecular flexibility index (Phi) is 4.12. The lowest BCUT2D eigenvalue weighted by Crippen LogP contribution is -2.13. The maximum atomic E-state index is 12.2. The van der Waals surface area contributed by atoms with Crippen LogP contribution < -0.4 is 5.32 Å². The van der Waals surface area contributed by atoms with Gasteiger partial charge in [-0.05, 0) is 18.2 Å². The molecule has 118 valence electrons. The fraction of sp³-hybridized carbons (Fsp3) is 0.200. The van der Waals surface area contributed by atoms with E-state index in [0.717, 1.165) is 5.56 Å². The van der Waals surface area contributed by atoms with Gasteiger partial charge in [-0.1, -0.05) is 37.6 Å². The first kappa shape index (κ1) is 15.2. The molecule has 2 aromatic heterocycles. The van der Waals surface area contributed by atoms with Crippen molar-refractivity contribution in [3.8, 4) is 11.3 Å². The number of aromatic nitrogens is 5. The summed E-state index contributed by atoms with van der Waals surface area (Å²) in [5, 5.41) is 16.9. The summed E-state index contributed by atoms with van der Waals surface area (Å²) in [6.45, 7) is 3.97. The minimum atomic E-state index is -0.355. The number of benzene rings is 1. The predicted octanol–water partition coefficient (Wildman–Crippen LogP) is 3.22. The first-order valence-electron chi connectivity index (χ1n) is 7.08. The lowest BCUT2D eigenvalue weighted by molar-refractivity contribution is 0.102. The van der Waals surface area contributed by atoms with Crippen LogP contribution in [0.4, 0.5) is 5.95 Å². The third kappa shape index (κ3) is 3.40. The summed E-state index contributed by atoms with van der Waals surface area (Å²) in [6.07, 6.45) is 0. The van der Waals surface area contributed by atoms with E-state index in [2.05, 4.69) is 30.7 Å². The van der Waals surface area contributed by atoms with Gasteiger partial charge in [0.2, 0.25) is 5.95 Å². The van der Waals surface area contributed by atoms with Crippen LogP contribution in [0.2, 0.25) is 5.02 Å². The van der Waals surface area contributed by atoms with Crippen LogP contribution in [0.25, 0.3) is 11.3 Å². The Morgan fingerprint density at radius 3 is 2.57 bits per heavy atom. The molecule has 3 N–H and O–H groups in total. The molecule has 7 nitrogen and oxygen atoms in total. The van der Waals surface area contributed by atoms with E-state index in [1.807, 2.05) is 26.0 Å². The highest BCUT2D eigenvalue weighted by Gasteiger charge is 2.14. The number of halogens is 1. The van der Waals surface area contributed by atoms with Crippen molar-refractivity contribution in [1.29, 1.82) is 0 Å². The monoisotopic (exact) mass is 330 g/mol. The fourth-order valence-electron chi connectivity index (χ4n) is 1.96. The number of carbonyl (C=O) groups is 1. The lowest BCUT2D eigenvalue weighted by Gasteiger charge is -1.97. The van der Waals surface area contributed by atoms with E-state index in [0.29, 0.717) is 22.2 Å². The molecule has 0 saturated carbocycles. The van der Waals surface area contributed by atoms with Gasteiger partial charge in [-0.25, -0.2) is 0 Å². The van der Waals surface area contributed by atoms with Gasteiger partial charge < -0.3 is 0 Å². The number of nitrogens with zero attached hydrogens (tertiary/aromatic N) is 3. The topological polar surface area (TPSA) is 99.3 Å². The van der Waals surface area contributed by atoms with Crippen molar-refractivity contribution < 1.29 is 4.79 Å². The summed E-state index contributed by atoms with van der Waals surface area (Å²) in [4.78, 5) is 16.4. The minimum absolute atomic E-state index is 0.205. The van der Waals surface area contributed by atoms with Crippen molar-refractivity contribution in [2.75, 3.05) is 5.32 Å². The Bertz CT molecular complexity index is 821. The van der Waals surface area contributed by atoms with E-state index in [9.17, 15) is 4.79 Å². The fourth-order valence-corrected chi connectivity index (χ4v) is 2.09. The lowest BCUT2D eigenvalue weighted by atomic mass is 10.1. The molecule has 0 aliphatic heterocycles. The molecule has 0 fully saturated rings. The summed E-state index contributed by atoms with van der Waals surface area (Å²) >= 11 is 5.86. The van der Waals surface area contributed by atoms with Crippen molar-refractivity contribution in [2.45, 2.75) is 19.8 Å². The number of aromatic amines is 2. The molecular weight excluding hydrogens is 316 g/mol. The van der Waals surface area contributed by atoms with Crippen molar-refractivity contribution in [3.63, 3.8) is 0 Å². The van der Waals surface area contributed by atoms with Crippen LogP contribution in [0.15, 0.2) is 30.3 Å². The highest BCUT2D eigenvalue weighted by atomic mass is 35.5. The molecule has 2 heterocycles. The molecular formula is C15H15ClN6O. The maximum absolute atomic E-state index is 12.2. The number of amides is 1. The number of carbonyl (C=O) groups excluding carboxylic acids is 1. The average molecular weight is 331 g/mol. The van der Waals surface area contributed by atoms with Gasteiger partial charge >= 0.3 is 0 Å². The largest absolute Gasteiger partial charge is 0.288 e. The van der Waals surface area contributed by atoms with Crippen LogP contribution in [-0.4, -0.2) is 31.3 Å². The van der Waals surface area contributed by atoms with Gasteiger partial charge in [-0.3, -0.25) is 20.3 Å². The van der Waals surface area contributed by atoms with E-state index < -0.39 is 0 Å². The van der Waals surface area contributed by atoms with Gasteiger partial charge in [0.05, 0.1) is 5.69 Å². The van der Waals surface area contributed by atoms with Gasteiger partial charge in [0.15, 0.2) is 0 Å². The highest BCUT2D eigenvalue weighted by molar-refractivity contribution is 6.30. The van der Waals surface area contributed by atoms with E-state index in [4.69, 9.17) is 11.6 Å². The summed E-state index contributed by atoms with van der Waals surface area (Å²) < 4.78 is 0. The maximum Gasteiger partial charge on any atom is 0.276 e. The molecule has 1 amide bonds. The molecule has 0 saturated heterocycles. The second-order valence-electron chi connectivity index (χ2n) is 5.33. The molecule has 1 aromatic carbocycles. The van der Waals surface area contributed by atoms with E-state index in [-0.39, 0.29) is 17.8 Å². The van der Waals surface area contributed by atoms with Crippen LogP contribution in [0.3, 0.4) is 0 Å². The number of H-pyrrole nitrogens is 2. The second kappa shape index (κ2) is 6.21. The molecule has 0 aliphatic rings. The van der Waals surface area contributed by atoms with Crippen LogP contribution in [0, 0.1) is 0 Å². The molecule has 0 aliphatic carbocycles. The Morgan fingerprint density at radius 2 is 1.91 bits per heavy atom. The molecule has 3 aromatic rings. The molecule has 0 spiro atoms. The van der Waals surface area contributed by atoms with Crippen LogP contribution in [0.5, 0.6) is 0 Å². The average Bonchev–Trinajstić information content (AvgIpc) is 3.17. The molecule has 8 heteroatoms. The van der Waals surface area contributed by atoms with Crippen molar-refractivity contribution in [2.24, 2.45) is 0 Å². The Hall–Kier alpha value is -2.67. The van der Waals surface area contributed by atoms with Crippen LogP contribution in [0.1, 0.15) is 36.1 Å². The van der Waals surface area contributed by atoms with E-state index in [1.165, 1.54) is 0 Å². The van der Waals surface area contributed by atoms with Gasteiger partial charge in [0.25, 0.3) is 5.91 Å². The molecule has 0 bridgehead atoms. The van der Waals surface area contributed by atoms with Crippen molar-refractivity contribution in [1.82, 2.24) is 25.4 Å². The standard InChI is InChI=1S/C15H15ClN6O/c1-8(2)13-17-15(22-21-13)18-14(23)12-7-11(19-20-12)9-3-5-10(16)6-4-9/h3-8H,1-2H3,(H,19,20)(H2,17,18,21,22,23). The Morgan fingerprint density at radius 1 is 1.17 bits per heavy atom. The molecule has 0 atom stereocenters. The zero-order valence-corrected chi connectivity index (χ0v) is 13.3. The highest BCUT2D eigenvalue weighted by Crippen LogP contribution is 2.20. The van der Waals surface area contributed by atoms with Gasteiger partial charge in [-0.2, -0.15) is 10.1 Å². The number of hydrogen-bond donors (Lipinski definition) is 3. The summed E-state index contributed by atoms with van der Waals surface area (Å²) in [5.74, 6) is 0.803. The van der Waals surface area contributed by atoms with Crippen LogP contribution in [-0.2, 0) is 0 Å². The van der Waals surface area contributed by atoms with E-state index in [1.54, 1.807) is 18.2 Å². The zero-order chi connectivity index (χ0) is 16.4. The Labute approximate surface area is 137 Å². The smallest absolute Gasteiger partial charge is 0.276 e. The number of hydrogen-bond acceptors (Lipinski definition) is 4. The SMILES string of the molecule is CC(C)c1nc(NC(=O)c2cc(-c3ccc(Cl)cc3)n[nH]2)n[nH]1. The molecule has 0 radical (unpaired) electrons.